The van der Waals surface area contributed by atoms with Gasteiger partial charge in [0.05, 0.1) is 6.04 Å². The second-order valence-corrected chi connectivity index (χ2v) is 3.41. The normalized spacial score (nSPS) is 12.0. The fourth-order valence-corrected chi connectivity index (χ4v) is 1.50. The Kier molecular flexibility index (Phi) is 2.99. The first kappa shape index (κ1) is 10.4. The van der Waals surface area contributed by atoms with Crippen LogP contribution in [0.25, 0.3) is 5.69 Å². The number of hydrogen-bond donors (Lipinski definition) is 1. The Bertz CT molecular complexity index is 495. The van der Waals surface area contributed by atoms with E-state index < -0.39 is 0 Å². The molecule has 4 nitrogen and oxygen atoms in total. The van der Waals surface area contributed by atoms with E-state index in [1.807, 2.05) is 34.9 Å². The Labute approximate surface area is 94.1 Å². The molecule has 1 aromatic heterocycles. The van der Waals surface area contributed by atoms with E-state index in [0.717, 1.165) is 5.69 Å². The van der Waals surface area contributed by atoms with Gasteiger partial charge in [-0.25, -0.2) is 0 Å². The highest BCUT2D eigenvalue weighted by atomic mass is 15.3. The lowest BCUT2D eigenvalue weighted by molar-refractivity contribution is 0.672. The summed E-state index contributed by atoms with van der Waals surface area (Å²) in [5, 5.41) is 7.87. The molecule has 80 valence electrons. The third-order valence-electron chi connectivity index (χ3n) is 2.28. The van der Waals surface area contributed by atoms with Gasteiger partial charge in [-0.05, 0) is 12.1 Å². The van der Waals surface area contributed by atoms with Crippen molar-refractivity contribution < 1.29 is 0 Å². The summed E-state index contributed by atoms with van der Waals surface area (Å²) in [4.78, 5) is 0. The molecule has 0 aliphatic heterocycles. The van der Waals surface area contributed by atoms with Gasteiger partial charge in [-0.3, -0.25) is 4.57 Å². The molecule has 0 spiro atoms. The highest BCUT2D eigenvalue weighted by molar-refractivity contribution is 5.32. The number of aromatic nitrogens is 3. The molecular weight excluding hydrogens is 200 g/mol. The molecule has 0 bridgehead atoms. The average molecular weight is 212 g/mol. The van der Waals surface area contributed by atoms with Gasteiger partial charge >= 0.3 is 0 Å². The van der Waals surface area contributed by atoms with Crippen molar-refractivity contribution in [1.29, 1.82) is 0 Å². The summed E-state index contributed by atoms with van der Waals surface area (Å²) in [6.45, 7) is 0. The van der Waals surface area contributed by atoms with E-state index in [4.69, 9.17) is 12.2 Å². The topological polar surface area (TPSA) is 56.7 Å². The van der Waals surface area contributed by atoms with Gasteiger partial charge in [-0.1, -0.05) is 18.2 Å². The van der Waals surface area contributed by atoms with E-state index in [9.17, 15) is 0 Å². The molecule has 1 atom stereocenters. The van der Waals surface area contributed by atoms with Crippen LogP contribution >= 0.6 is 0 Å². The molecule has 2 rings (SSSR count). The largest absolute Gasteiger partial charge is 0.321 e. The summed E-state index contributed by atoms with van der Waals surface area (Å²) in [6, 6.07) is 9.50. The summed E-state index contributed by atoms with van der Waals surface area (Å²) in [5.41, 5.74) is 6.90. The number of para-hydroxylation sites is 1. The average Bonchev–Trinajstić information content (AvgIpc) is 2.79. The predicted molar refractivity (Wildman–Crippen MR) is 61.7 cm³/mol. The second kappa shape index (κ2) is 4.60. The summed E-state index contributed by atoms with van der Waals surface area (Å²) in [7, 11) is 0. The maximum Gasteiger partial charge on any atom is 0.155 e. The highest BCUT2D eigenvalue weighted by Gasteiger charge is 2.13. The summed E-state index contributed by atoms with van der Waals surface area (Å²) in [6.07, 6.45) is 7.33. The van der Waals surface area contributed by atoms with Gasteiger partial charge < -0.3 is 5.73 Å². The van der Waals surface area contributed by atoms with Crippen LogP contribution in [0.3, 0.4) is 0 Å². The number of terminal acetylenes is 1. The molecule has 16 heavy (non-hydrogen) atoms. The Hall–Kier alpha value is -2.12. The van der Waals surface area contributed by atoms with Gasteiger partial charge in [0.1, 0.15) is 6.33 Å². The number of hydrogen-bond acceptors (Lipinski definition) is 3. The Morgan fingerprint density at radius 3 is 2.81 bits per heavy atom. The van der Waals surface area contributed by atoms with E-state index in [1.54, 1.807) is 6.33 Å². The molecule has 0 saturated heterocycles. The minimum absolute atomic E-state index is 0.285. The molecule has 2 N–H and O–H groups in total. The number of benzene rings is 1. The fourth-order valence-electron chi connectivity index (χ4n) is 1.50. The van der Waals surface area contributed by atoms with Gasteiger partial charge in [0.25, 0.3) is 0 Å². The van der Waals surface area contributed by atoms with E-state index in [-0.39, 0.29) is 6.04 Å². The lowest BCUT2D eigenvalue weighted by Crippen LogP contribution is -2.15. The zero-order valence-electron chi connectivity index (χ0n) is 8.74. The predicted octanol–water partition coefficient (Wildman–Crippen LogP) is 1.29. The van der Waals surface area contributed by atoms with Gasteiger partial charge in [0.2, 0.25) is 0 Å². The Morgan fingerprint density at radius 2 is 2.12 bits per heavy atom. The fraction of sp³-hybridized carbons (Fsp3) is 0.167. The monoisotopic (exact) mass is 212 g/mol. The van der Waals surface area contributed by atoms with E-state index in [2.05, 4.69) is 16.1 Å². The molecule has 1 aromatic carbocycles. The molecular formula is C12H12N4. The van der Waals surface area contributed by atoms with Gasteiger partial charge in [0, 0.05) is 12.1 Å². The van der Waals surface area contributed by atoms with E-state index >= 15 is 0 Å². The first-order valence-electron chi connectivity index (χ1n) is 4.97. The SMILES string of the molecule is C#CCC(N)c1nncn1-c1ccccc1. The third-order valence-corrected chi connectivity index (χ3v) is 2.28. The standard InChI is InChI=1S/C12H12N4/c1-2-6-11(13)12-15-14-9-16(12)10-7-4-3-5-8-10/h1,3-5,7-9,11H,6,13H2. The molecule has 0 aliphatic rings. The molecule has 0 saturated carbocycles. The number of nitrogens with zero attached hydrogens (tertiary/aromatic N) is 3. The van der Waals surface area contributed by atoms with Crippen molar-refractivity contribution in [1.82, 2.24) is 14.8 Å². The van der Waals surface area contributed by atoms with Gasteiger partial charge in [-0.2, -0.15) is 0 Å². The van der Waals surface area contributed by atoms with Crippen molar-refractivity contribution in [2.45, 2.75) is 12.5 Å². The molecule has 1 unspecified atom stereocenters. The maximum absolute atomic E-state index is 5.92. The van der Waals surface area contributed by atoms with Crippen molar-refractivity contribution in [2.75, 3.05) is 0 Å². The number of rotatable bonds is 3. The van der Waals surface area contributed by atoms with Crippen LogP contribution in [0.1, 0.15) is 18.3 Å². The van der Waals surface area contributed by atoms with Crippen molar-refractivity contribution in [3.63, 3.8) is 0 Å². The van der Waals surface area contributed by atoms with Crippen LogP contribution in [0, 0.1) is 12.3 Å². The van der Waals surface area contributed by atoms with Gasteiger partial charge in [-0.15, -0.1) is 22.5 Å². The molecule has 0 amide bonds. The highest BCUT2D eigenvalue weighted by Crippen LogP contribution is 2.15. The van der Waals surface area contributed by atoms with Crippen LogP contribution in [0.4, 0.5) is 0 Å². The number of nitrogens with two attached hydrogens (primary N) is 1. The van der Waals surface area contributed by atoms with Crippen LogP contribution in [0.15, 0.2) is 36.7 Å². The van der Waals surface area contributed by atoms with Crippen molar-refractivity contribution in [3.05, 3.63) is 42.5 Å². The van der Waals surface area contributed by atoms with Crippen molar-refractivity contribution in [3.8, 4) is 18.0 Å². The minimum atomic E-state index is -0.285. The summed E-state index contributed by atoms with van der Waals surface area (Å²) >= 11 is 0. The van der Waals surface area contributed by atoms with Crippen LogP contribution in [-0.4, -0.2) is 14.8 Å². The smallest absolute Gasteiger partial charge is 0.155 e. The van der Waals surface area contributed by atoms with Crippen molar-refractivity contribution >= 4 is 0 Å². The molecule has 4 heteroatoms. The quantitative estimate of drug-likeness (QED) is 0.780. The van der Waals surface area contributed by atoms with Crippen LogP contribution in [-0.2, 0) is 0 Å². The molecule has 0 fully saturated rings. The third kappa shape index (κ3) is 1.95. The van der Waals surface area contributed by atoms with E-state index in [1.165, 1.54) is 0 Å². The lowest BCUT2D eigenvalue weighted by atomic mass is 10.2. The van der Waals surface area contributed by atoms with Crippen LogP contribution in [0.2, 0.25) is 0 Å². The Morgan fingerprint density at radius 1 is 1.38 bits per heavy atom. The van der Waals surface area contributed by atoms with Crippen molar-refractivity contribution in [2.24, 2.45) is 5.73 Å². The molecule has 2 aromatic rings. The first-order chi connectivity index (χ1) is 7.83. The summed E-state index contributed by atoms with van der Waals surface area (Å²) in [5.74, 6) is 3.21. The second-order valence-electron chi connectivity index (χ2n) is 3.41. The lowest BCUT2D eigenvalue weighted by Gasteiger charge is -2.10. The Balaban J connectivity index is 2.37. The molecule has 0 radical (unpaired) electrons. The van der Waals surface area contributed by atoms with Crippen LogP contribution < -0.4 is 5.73 Å². The molecule has 1 heterocycles. The first-order valence-corrected chi connectivity index (χ1v) is 4.97. The minimum Gasteiger partial charge on any atom is -0.321 e. The maximum atomic E-state index is 5.92. The van der Waals surface area contributed by atoms with E-state index in [0.29, 0.717) is 12.2 Å². The summed E-state index contributed by atoms with van der Waals surface area (Å²) < 4.78 is 1.85. The van der Waals surface area contributed by atoms with Crippen LogP contribution in [0.5, 0.6) is 0 Å². The zero-order chi connectivity index (χ0) is 11.4. The zero-order valence-corrected chi connectivity index (χ0v) is 8.74. The van der Waals surface area contributed by atoms with Gasteiger partial charge in [0.15, 0.2) is 5.82 Å². The molecule has 0 aliphatic carbocycles.